The van der Waals surface area contributed by atoms with Gasteiger partial charge in [0.2, 0.25) is 5.91 Å². The van der Waals surface area contributed by atoms with Gasteiger partial charge in [0, 0.05) is 12.7 Å². The number of nitrogens with one attached hydrogen (secondary N) is 1. The quantitative estimate of drug-likeness (QED) is 0.507. The smallest absolute Gasteiger partial charge is 0.229 e. The molecule has 0 aromatic heterocycles. The molecule has 8 atom stereocenters. The zero-order valence-electron chi connectivity index (χ0n) is 18.8. The molecule has 4 fully saturated rings. The van der Waals surface area contributed by atoms with E-state index in [-0.39, 0.29) is 5.91 Å². The second-order valence-electron chi connectivity index (χ2n) is 11.4. The van der Waals surface area contributed by atoms with Gasteiger partial charge >= 0.3 is 0 Å². The summed E-state index contributed by atoms with van der Waals surface area (Å²) in [6, 6.07) is 0. The Morgan fingerprint density at radius 3 is 2.57 bits per heavy atom. The van der Waals surface area contributed by atoms with Crippen LogP contribution < -0.4 is 4.72 Å². The highest BCUT2D eigenvalue weighted by molar-refractivity contribution is 7.97. The molecule has 4 saturated carbocycles. The van der Waals surface area contributed by atoms with Gasteiger partial charge in [-0.25, -0.2) is 0 Å². The molecular weight excluding hydrogens is 362 g/mol. The lowest BCUT2D eigenvalue weighted by atomic mass is 9.44. The molecule has 4 aliphatic carbocycles. The molecule has 7 unspecified atom stereocenters. The minimum absolute atomic E-state index is 0.214. The molecule has 3 heteroatoms. The maximum Gasteiger partial charge on any atom is 0.229 e. The molecule has 0 aromatic rings. The minimum atomic E-state index is 0.214. The normalized spacial score (nSPS) is 46.2. The highest BCUT2D eigenvalue weighted by Gasteiger charge is 2.60. The average Bonchev–Trinajstić information content (AvgIpc) is 3.03. The van der Waals surface area contributed by atoms with Crippen molar-refractivity contribution >= 4 is 17.9 Å². The maximum absolute atomic E-state index is 12.0. The van der Waals surface area contributed by atoms with E-state index >= 15 is 0 Å². The van der Waals surface area contributed by atoms with Gasteiger partial charge in [-0.1, -0.05) is 45.6 Å². The van der Waals surface area contributed by atoms with Crippen molar-refractivity contribution in [1.82, 2.24) is 4.72 Å². The zero-order valence-corrected chi connectivity index (χ0v) is 19.6. The van der Waals surface area contributed by atoms with Crippen LogP contribution in [0.4, 0.5) is 0 Å². The van der Waals surface area contributed by atoms with Crippen molar-refractivity contribution < 1.29 is 4.79 Å². The van der Waals surface area contributed by atoms with Crippen LogP contribution in [0, 0.1) is 46.3 Å². The third kappa shape index (κ3) is 3.46. The molecule has 28 heavy (non-hydrogen) atoms. The Balaban J connectivity index is 1.45. The molecule has 0 bridgehead atoms. The fraction of sp³-hybridized carbons (Fsp3) is 0.960. The van der Waals surface area contributed by atoms with E-state index in [0.717, 1.165) is 36.0 Å². The summed E-state index contributed by atoms with van der Waals surface area (Å²) in [6.45, 7) is 7.78. The third-order valence-corrected chi connectivity index (χ3v) is 10.8. The molecule has 1 N–H and O–H groups in total. The number of hydrogen-bond donors (Lipinski definition) is 1. The summed E-state index contributed by atoms with van der Waals surface area (Å²) < 4.78 is 2.90. The molecule has 0 heterocycles. The molecule has 160 valence electrons. The lowest BCUT2D eigenvalue weighted by molar-refractivity contribution is -0.120. The monoisotopic (exact) mass is 405 g/mol. The Labute approximate surface area is 177 Å². The SMILES string of the molecule is CSNC(=O)CC[C@@H](C)C1CCC2C3CCC4CCCCC4(C)C3CCC21C. The summed E-state index contributed by atoms with van der Waals surface area (Å²) in [5.41, 5.74) is 1.19. The van der Waals surface area contributed by atoms with Gasteiger partial charge in [0.15, 0.2) is 0 Å². The van der Waals surface area contributed by atoms with Gasteiger partial charge in [-0.15, -0.1) is 0 Å². The van der Waals surface area contributed by atoms with Gasteiger partial charge in [0.25, 0.3) is 0 Å². The van der Waals surface area contributed by atoms with Crippen molar-refractivity contribution in [3.63, 3.8) is 0 Å². The van der Waals surface area contributed by atoms with Crippen LogP contribution in [-0.2, 0) is 4.79 Å². The lowest BCUT2D eigenvalue weighted by Gasteiger charge is -2.61. The van der Waals surface area contributed by atoms with Crippen LogP contribution >= 0.6 is 11.9 Å². The van der Waals surface area contributed by atoms with Crippen molar-refractivity contribution in [2.75, 3.05) is 6.26 Å². The van der Waals surface area contributed by atoms with E-state index in [1.807, 2.05) is 6.26 Å². The van der Waals surface area contributed by atoms with E-state index in [2.05, 4.69) is 25.5 Å². The molecule has 4 aliphatic rings. The van der Waals surface area contributed by atoms with E-state index in [0.29, 0.717) is 23.2 Å². The highest BCUT2D eigenvalue weighted by atomic mass is 32.2. The number of rotatable bonds is 5. The van der Waals surface area contributed by atoms with E-state index < -0.39 is 0 Å². The second-order valence-corrected chi connectivity index (χ2v) is 12.0. The van der Waals surface area contributed by atoms with Crippen LogP contribution in [0.2, 0.25) is 0 Å². The topological polar surface area (TPSA) is 29.1 Å². The molecule has 0 aromatic carbocycles. The molecule has 1 amide bonds. The highest BCUT2D eigenvalue weighted by Crippen LogP contribution is 2.68. The number of amides is 1. The van der Waals surface area contributed by atoms with E-state index in [1.165, 1.54) is 76.2 Å². The Morgan fingerprint density at radius 1 is 1.00 bits per heavy atom. The predicted molar refractivity (Wildman–Crippen MR) is 120 cm³/mol. The molecule has 4 rings (SSSR count). The van der Waals surface area contributed by atoms with Gasteiger partial charge in [0.05, 0.1) is 0 Å². The van der Waals surface area contributed by atoms with Crippen LogP contribution in [-0.4, -0.2) is 12.2 Å². The van der Waals surface area contributed by atoms with Crippen LogP contribution in [0.15, 0.2) is 0 Å². The van der Waals surface area contributed by atoms with Gasteiger partial charge in [-0.05, 0) is 104 Å². The molecule has 2 nitrogen and oxygen atoms in total. The molecular formula is C25H43NOS. The first kappa shape index (κ1) is 21.1. The fourth-order valence-electron chi connectivity index (χ4n) is 9.00. The van der Waals surface area contributed by atoms with Crippen LogP contribution in [0.25, 0.3) is 0 Å². The Kier molecular flexibility index (Phi) is 6.14. The van der Waals surface area contributed by atoms with Crippen LogP contribution in [0.5, 0.6) is 0 Å². The number of carbonyl (C=O) groups is 1. The summed E-state index contributed by atoms with van der Waals surface area (Å²) in [4.78, 5) is 12.0. The Morgan fingerprint density at radius 2 is 1.79 bits per heavy atom. The predicted octanol–water partition coefficient (Wildman–Crippen LogP) is 6.85. The molecule has 0 saturated heterocycles. The first-order chi connectivity index (χ1) is 13.4. The van der Waals surface area contributed by atoms with Gasteiger partial charge < -0.3 is 4.72 Å². The van der Waals surface area contributed by atoms with Gasteiger partial charge in [-0.3, -0.25) is 4.79 Å². The summed E-state index contributed by atoms with van der Waals surface area (Å²) in [7, 11) is 0. The molecule has 0 spiro atoms. The number of fused-ring (bicyclic) bond motifs is 5. The third-order valence-electron chi connectivity index (χ3n) is 10.4. The lowest BCUT2D eigenvalue weighted by Crippen LogP contribution is -2.53. The first-order valence-electron chi connectivity index (χ1n) is 12.2. The van der Waals surface area contributed by atoms with E-state index in [4.69, 9.17) is 0 Å². The second kappa shape index (κ2) is 8.16. The summed E-state index contributed by atoms with van der Waals surface area (Å²) >= 11 is 1.43. The maximum atomic E-state index is 12.0. The van der Waals surface area contributed by atoms with Crippen molar-refractivity contribution in [3.05, 3.63) is 0 Å². The van der Waals surface area contributed by atoms with Gasteiger partial charge in [0.1, 0.15) is 0 Å². The van der Waals surface area contributed by atoms with Gasteiger partial charge in [-0.2, -0.15) is 0 Å². The Hall–Kier alpha value is -0.180. The Bertz CT molecular complexity index is 579. The molecule has 0 aliphatic heterocycles. The van der Waals surface area contributed by atoms with Crippen molar-refractivity contribution in [1.29, 1.82) is 0 Å². The summed E-state index contributed by atoms with van der Waals surface area (Å²) in [5, 5.41) is 0. The van der Waals surface area contributed by atoms with Crippen molar-refractivity contribution in [2.45, 2.75) is 97.8 Å². The largest absolute Gasteiger partial charge is 0.300 e. The standard InChI is InChI=1S/C25H43NOS/c1-17(8-13-23(27)26-28-4)20-11-12-21-19-10-9-18-7-5-6-15-24(18,2)22(19)14-16-25(20,21)3/h17-22H,5-16H2,1-4H3,(H,26,27)/t17-,18?,19?,20?,21?,22?,24?,25?/m1/s1. The average molecular weight is 406 g/mol. The summed E-state index contributed by atoms with van der Waals surface area (Å²) in [5.74, 6) is 5.71. The zero-order chi connectivity index (χ0) is 19.9. The number of carbonyl (C=O) groups excluding carboxylic acids is 1. The minimum Gasteiger partial charge on any atom is -0.300 e. The van der Waals surface area contributed by atoms with Crippen LogP contribution in [0.1, 0.15) is 97.8 Å². The van der Waals surface area contributed by atoms with Crippen molar-refractivity contribution in [3.8, 4) is 0 Å². The molecule has 0 radical (unpaired) electrons. The fourth-order valence-corrected chi connectivity index (χ4v) is 9.33. The summed E-state index contributed by atoms with van der Waals surface area (Å²) in [6.07, 6.45) is 18.5. The van der Waals surface area contributed by atoms with Crippen molar-refractivity contribution in [2.24, 2.45) is 46.3 Å². The van der Waals surface area contributed by atoms with Crippen LogP contribution in [0.3, 0.4) is 0 Å². The van der Waals surface area contributed by atoms with E-state index in [1.54, 1.807) is 0 Å². The first-order valence-corrected chi connectivity index (χ1v) is 13.4. The van der Waals surface area contributed by atoms with E-state index in [9.17, 15) is 4.79 Å². The number of hydrogen-bond acceptors (Lipinski definition) is 2.